The number of aromatic nitrogens is 1. The van der Waals surface area contributed by atoms with Gasteiger partial charge < -0.3 is 4.57 Å². The fourth-order valence-electron chi connectivity index (χ4n) is 4.16. The van der Waals surface area contributed by atoms with E-state index >= 15 is 0 Å². The number of fused-ring (bicyclic) bond motifs is 1. The summed E-state index contributed by atoms with van der Waals surface area (Å²) in [6.07, 6.45) is 2.66. The number of nitrogens with zero attached hydrogens (tertiary/aromatic N) is 3. The molecule has 0 radical (unpaired) electrons. The number of amides is 1. The number of para-hydroxylation sites is 1. The minimum absolute atomic E-state index is 0.224. The van der Waals surface area contributed by atoms with Gasteiger partial charge in [0.15, 0.2) is 4.80 Å². The van der Waals surface area contributed by atoms with Crippen LogP contribution in [0.5, 0.6) is 0 Å². The van der Waals surface area contributed by atoms with Crippen molar-refractivity contribution in [2.45, 2.75) is 51.5 Å². The molecule has 0 atom stereocenters. The number of thiazole rings is 1. The Morgan fingerprint density at radius 1 is 1.09 bits per heavy atom. The molecule has 1 saturated heterocycles. The summed E-state index contributed by atoms with van der Waals surface area (Å²) in [6, 6.07) is 12.4. The quantitative estimate of drug-likeness (QED) is 0.552. The van der Waals surface area contributed by atoms with Crippen molar-refractivity contribution in [3.05, 3.63) is 58.4 Å². The summed E-state index contributed by atoms with van der Waals surface area (Å²) < 4.78 is 30.6. The van der Waals surface area contributed by atoms with Crippen molar-refractivity contribution in [2.75, 3.05) is 13.1 Å². The lowest BCUT2D eigenvalue weighted by Gasteiger charge is -2.29. The van der Waals surface area contributed by atoms with Crippen LogP contribution in [0, 0.1) is 5.92 Å². The molecular formula is C24H29N3O3S2. The van der Waals surface area contributed by atoms with Crippen LogP contribution in [0.1, 0.15) is 49.5 Å². The van der Waals surface area contributed by atoms with Gasteiger partial charge in [0, 0.05) is 25.2 Å². The van der Waals surface area contributed by atoms with E-state index in [1.807, 2.05) is 13.0 Å². The first-order valence-corrected chi connectivity index (χ1v) is 13.4. The van der Waals surface area contributed by atoms with Crippen LogP contribution in [0.15, 0.2) is 52.4 Å². The van der Waals surface area contributed by atoms with E-state index in [1.54, 1.807) is 16.4 Å². The molecular weight excluding hydrogens is 442 g/mol. The van der Waals surface area contributed by atoms with Gasteiger partial charge in [-0.15, -0.1) is 0 Å². The summed E-state index contributed by atoms with van der Waals surface area (Å²) in [5.74, 6) is 0.184. The van der Waals surface area contributed by atoms with Crippen LogP contribution >= 0.6 is 11.3 Å². The molecule has 0 bridgehead atoms. The molecule has 1 aromatic heterocycles. The highest BCUT2D eigenvalue weighted by atomic mass is 32.2. The van der Waals surface area contributed by atoms with E-state index in [2.05, 4.69) is 35.5 Å². The number of hydrogen-bond donors (Lipinski definition) is 0. The Morgan fingerprint density at radius 3 is 2.41 bits per heavy atom. The van der Waals surface area contributed by atoms with Crippen molar-refractivity contribution < 1.29 is 13.2 Å². The summed E-state index contributed by atoms with van der Waals surface area (Å²) >= 11 is 1.50. The van der Waals surface area contributed by atoms with Crippen LogP contribution in [0.25, 0.3) is 10.2 Å². The summed E-state index contributed by atoms with van der Waals surface area (Å²) in [4.78, 5) is 18.1. The first-order chi connectivity index (χ1) is 15.3. The first kappa shape index (κ1) is 22.9. The molecule has 1 aliphatic rings. The molecule has 170 valence electrons. The van der Waals surface area contributed by atoms with Gasteiger partial charge in [-0.2, -0.15) is 9.30 Å². The van der Waals surface area contributed by atoms with Crippen LogP contribution < -0.4 is 4.80 Å². The summed E-state index contributed by atoms with van der Waals surface area (Å²) in [5, 5.41) is 0. The predicted octanol–water partition coefficient (Wildman–Crippen LogP) is 4.45. The Hall–Kier alpha value is -2.29. The highest BCUT2D eigenvalue weighted by Gasteiger charge is 2.28. The smallest absolute Gasteiger partial charge is 0.279 e. The van der Waals surface area contributed by atoms with Gasteiger partial charge in [-0.1, -0.05) is 37.3 Å². The Labute approximate surface area is 193 Å². The van der Waals surface area contributed by atoms with Crippen LogP contribution in [0.2, 0.25) is 0 Å². The summed E-state index contributed by atoms with van der Waals surface area (Å²) in [5.41, 5.74) is 2.74. The van der Waals surface area contributed by atoms with E-state index in [9.17, 15) is 13.2 Å². The van der Waals surface area contributed by atoms with Crippen molar-refractivity contribution in [3.8, 4) is 0 Å². The standard InChI is InChI=1S/C24H29N3O3S2/c1-4-18-7-6-8-21-22(18)27(5-2)24(31-21)25-23(28)19-9-11-20(12-10-19)32(29,30)26-15-13-17(3)14-16-26/h6-12,17H,4-5,13-16H2,1-3H3. The predicted molar refractivity (Wildman–Crippen MR) is 128 cm³/mol. The summed E-state index contributed by atoms with van der Waals surface area (Å²) in [6.45, 7) is 8.12. The third kappa shape index (κ3) is 4.31. The summed E-state index contributed by atoms with van der Waals surface area (Å²) in [7, 11) is -3.53. The monoisotopic (exact) mass is 471 g/mol. The van der Waals surface area contributed by atoms with Gasteiger partial charge in [-0.05, 0) is 68.0 Å². The molecule has 0 aliphatic carbocycles. The molecule has 1 fully saturated rings. The number of sulfonamides is 1. The van der Waals surface area contributed by atoms with Gasteiger partial charge in [0.2, 0.25) is 10.0 Å². The molecule has 8 heteroatoms. The number of rotatable bonds is 5. The van der Waals surface area contributed by atoms with E-state index in [1.165, 1.54) is 29.0 Å². The third-order valence-electron chi connectivity index (χ3n) is 6.16. The molecule has 1 aliphatic heterocycles. The molecule has 2 heterocycles. The fraction of sp³-hybridized carbons (Fsp3) is 0.417. The average Bonchev–Trinajstić information content (AvgIpc) is 3.16. The molecule has 1 amide bonds. The van der Waals surface area contributed by atoms with E-state index in [0.717, 1.165) is 36.0 Å². The minimum atomic E-state index is -3.53. The van der Waals surface area contributed by atoms with Crippen molar-refractivity contribution >= 4 is 37.5 Å². The number of benzene rings is 2. The van der Waals surface area contributed by atoms with Gasteiger partial charge in [-0.3, -0.25) is 4.79 Å². The molecule has 4 rings (SSSR count). The van der Waals surface area contributed by atoms with Gasteiger partial charge >= 0.3 is 0 Å². The molecule has 0 spiro atoms. The highest BCUT2D eigenvalue weighted by molar-refractivity contribution is 7.89. The average molecular weight is 472 g/mol. The molecule has 3 aromatic rings. The van der Waals surface area contributed by atoms with Gasteiger partial charge in [-0.25, -0.2) is 8.42 Å². The van der Waals surface area contributed by atoms with Gasteiger partial charge in [0.1, 0.15) is 0 Å². The zero-order valence-corrected chi connectivity index (χ0v) is 20.4. The van der Waals surface area contributed by atoms with E-state index in [4.69, 9.17) is 0 Å². The minimum Gasteiger partial charge on any atom is -0.316 e. The molecule has 0 N–H and O–H groups in total. The second-order valence-electron chi connectivity index (χ2n) is 8.27. The lowest BCUT2D eigenvalue weighted by molar-refractivity contribution is 0.0997. The van der Waals surface area contributed by atoms with Crippen LogP contribution in [-0.2, 0) is 23.0 Å². The Kier molecular flexibility index (Phi) is 6.65. The highest BCUT2D eigenvalue weighted by Crippen LogP contribution is 2.24. The molecule has 2 aromatic carbocycles. The van der Waals surface area contributed by atoms with Crippen LogP contribution in [0.4, 0.5) is 0 Å². The largest absolute Gasteiger partial charge is 0.316 e. The van der Waals surface area contributed by atoms with Crippen molar-refractivity contribution in [1.29, 1.82) is 0 Å². The maximum atomic E-state index is 12.9. The maximum absolute atomic E-state index is 12.9. The van der Waals surface area contributed by atoms with Crippen molar-refractivity contribution in [1.82, 2.24) is 8.87 Å². The number of piperidine rings is 1. The molecule has 0 saturated carbocycles. The van der Waals surface area contributed by atoms with Crippen LogP contribution in [-0.4, -0.2) is 36.3 Å². The lowest BCUT2D eigenvalue weighted by atomic mass is 10.0. The third-order valence-corrected chi connectivity index (χ3v) is 9.12. The normalized spacial score (nSPS) is 16.7. The second-order valence-corrected chi connectivity index (χ2v) is 11.2. The Bertz CT molecular complexity index is 1300. The topological polar surface area (TPSA) is 71.7 Å². The van der Waals surface area contributed by atoms with Crippen LogP contribution in [0.3, 0.4) is 0 Å². The number of aryl methyl sites for hydroxylation is 2. The number of hydrogen-bond acceptors (Lipinski definition) is 4. The van der Waals surface area contributed by atoms with Gasteiger partial charge in [0.25, 0.3) is 5.91 Å². The first-order valence-electron chi connectivity index (χ1n) is 11.2. The van der Waals surface area contributed by atoms with E-state index in [0.29, 0.717) is 29.4 Å². The molecule has 32 heavy (non-hydrogen) atoms. The number of carbonyl (C=O) groups is 1. The zero-order chi connectivity index (χ0) is 22.9. The van der Waals surface area contributed by atoms with Crippen molar-refractivity contribution in [3.63, 3.8) is 0 Å². The lowest BCUT2D eigenvalue weighted by Crippen LogP contribution is -2.37. The zero-order valence-electron chi connectivity index (χ0n) is 18.7. The van der Waals surface area contributed by atoms with E-state index < -0.39 is 10.0 Å². The van der Waals surface area contributed by atoms with Gasteiger partial charge in [0.05, 0.1) is 15.1 Å². The molecule has 0 unspecified atom stereocenters. The SMILES string of the molecule is CCc1cccc2sc(=NC(=O)c3ccc(S(=O)(=O)N4CCC(C)CC4)cc3)n(CC)c12. The van der Waals surface area contributed by atoms with Crippen molar-refractivity contribution in [2.24, 2.45) is 10.9 Å². The fourth-order valence-corrected chi connectivity index (χ4v) is 6.77. The second kappa shape index (κ2) is 9.29. The Morgan fingerprint density at radius 2 is 1.78 bits per heavy atom. The Balaban J connectivity index is 1.63. The van der Waals surface area contributed by atoms with E-state index in [-0.39, 0.29) is 10.8 Å². The maximum Gasteiger partial charge on any atom is 0.279 e. The molecule has 6 nitrogen and oxygen atoms in total. The number of carbonyl (C=O) groups excluding carboxylic acids is 1.